The van der Waals surface area contributed by atoms with Crippen molar-refractivity contribution in [1.29, 1.82) is 0 Å². The van der Waals surface area contributed by atoms with Crippen molar-refractivity contribution in [3.05, 3.63) is 59.7 Å². The van der Waals surface area contributed by atoms with Crippen LogP contribution in [0.1, 0.15) is 24.5 Å². The van der Waals surface area contributed by atoms with Gasteiger partial charge in [-0.25, -0.2) is 16.8 Å². The number of nitrogens with one attached hydrogen (secondary N) is 2. The summed E-state index contributed by atoms with van der Waals surface area (Å²) in [7, 11) is -7.25. The summed E-state index contributed by atoms with van der Waals surface area (Å²) >= 11 is 0. The molecule has 4 rings (SSSR count). The first-order chi connectivity index (χ1) is 15.5. The Kier molecular flexibility index (Phi) is 6.30. The fourth-order valence-corrected chi connectivity index (χ4v) is 7.47. The number of anilines is 1. The molecule has 2 aliphatic heterocycles. The van der Waals surface area contributed by atoms with Gasteiger partial charge >= 0.3 is 0 Å². The second-order valence-electron chi connectivity index (χ2n) is 8.35. The summed E-state index contributed by atoms with van der Waals surface area (Å²) in [6.45, 7) is 1.38. The van der Waals surface area contributed by atoms with Crippen LogP contribution in [-0.2, 0) is 42.4 Å². The predicted molar refractivity (Wildman–Crippen MR) is 123 cm³/mol. The van der Waals surface area contributed by atoms with Crippen molar-refractivity contribution in [1.82, 2.24) is 9.62 Å². The van der Waals surface area contributed by atoms with E-state index in [4.69, 9.17) is 0 Å². The standard InChI is InChI=1S/C22H25N3O6S2/c1-15(26)23-18-6-8-20(9-7-18)33(30,31)25-13-17-5-3-2-4-16(17)12-21(25)22(27)24-19-10-11-32(28,29)14-19/h2-9,19,21H,10-14H2,1H3,(H,23,26)(H,24,27)/t19-,21+/m1/s1. The normalized spacial score (nSPS) is 22.3. The molecular formula is C22H25N3O6S2. The minimum atomic E-state index is -4.06. The fraction of sp³-hybridized carbons (Fsp3) is 0.364. The molecule has 0 radical (unpaired) electrons. The zero-order chi connectivity index (χ0) is 23.8. The highest BCUT2D eigenvalue weighted by Crippen LogP contribution is 2.30. The second-order valence-corrected chi connectivity index (χ2v) is 12.5. The highest BCUT2D eigenvalue weighted by Gasteiger charge is 2.41. The van der Waals surface area contributed by atoms with E-state index in [1.165, 1.54) is 35.5 Å². The first-order valence-electron chi connectivity index (χ1n) is 10.5. The number of hydrogen-bond acceptors (Lipinski definition) is 6. The topological polar surface area (TPSA) is 130 Å². The molecule has 1 fully saturated rings. The maximum absolute atomic E-state index is 13.5. The summed E-state index contributed by atoms with van der Waals surface area (Å²) in [4.78, 5) is 24.4. The Labute approximate surface area is 193 Å². The van der Waals surface area contributed by atoms with E-state index < -0.39 is 37.9 Å². The zero-order valence-electron chi connectivity index (χ0n) is 18.0. The lowest BCUT2D eigenvalue weighted by atomic mass is 9.95. The largest absolute Gasteiger partial charge is 0.351 e. The van der Waals surface area contributed by atoms with Gasteiger partial charge in [0.1, 0.15) is 6.04 Å². The van der Waals surface area contributed by atoms with Crippen molar-refractivity contribution < 1.29 is 26.4 Å². The van der Waals surface area contributed by atoms with Crippen molar-refractivity contribution in [2.24, 2.45) is 0 Å². The van der Waals surface area contributed by atoms with E-state index in [-0.39, 0.29) is 35.3 Å². The molecule has 33 heavy (non-hydrogen) atoms. The van der Waals surface area contributed by atoms with E-state index >= 15 is 0 Å². The van der Waals surface area contributed by atoms with Crippen molar-refractivity contribution in [2.75, 3.05) is 16.8 Å². The first-order valence-corrected chi connectivity index (χ1v) is 13.8. The molecule has 2 aromatic carbocycles. The smallest absolute Gasteiger partial charge is 0.244 e. The number of nitrogens with zero attached hydrogens (tertiary/aromatic N) is 1. The molecule has 2 amide bonds. The van der Waals surface area contributed by atoms with Crippen LogP contribution in [0, 0.1) is 0 Å². The van der Waals surface area contributed by atoms with E-state index in [0.29, 0.717) is 12.1 Å². The van der Waals surface area contributed by atoms with Crippen LogP contribution < -0.4 is 10.6 Å². The van der Waals surface area contributed by atoms with Crippen molar-refractivity contribution in [3.8, 4) is 0 Å². The quantitative estimate of drug-likeness (QED) is 0.644. The third-order valence-electron chi connectivity index (χ3n) is 5.87. The highest BCUT2D eigenvalue weighted by molar-refractivity contribution is 7.91. The van der Waals surface area contributed by atoms with Gasteiger partial charge in [-0.15, -0.1) is 0 Å². The van der Waals surface area contributed by atoms with Crippen molar-refractivity contribution >= 4 is 37.4 Å². The van der Waals surface area contributed by atoms with Crippen molar-refractivity contribution in [3.63, 3.8) is 0 Å². The average molecular weight is 492 g/mol. The van der Waals surface area contributed by atoms with Crippen LogP contribution in [0.5, 0.6) is 0 Å². The number of carbonyl (C=O) groups excluding carboxylic acids is 2. The number of benzene rings is 2. The Morgan fingerprint density at radius 1 is 1.03 bits per heavy atom. The molecule has 0 bridgehead atoms. The number of hydrogen-bond donors (Lipinski definition) is 2. The molecule has 1 saturated heterocycles. The lowest BCUT2D eigenvalue weighted by Crippen LogP contribution is -2.54. The van der Waals surface area contributed by atoms with Gasteiger partial charge in [-0.05, 0) is 48.2 Å². The molecule has 2 aromatic rings. The predicted octanol–water partition coefficient (Wildman–Crippen LogP) is 1.06. The summed E-state index contributed by atoms with van der Waals surface area (Å²) in [6, 6.07) is 11.6. The van der Waals surface area contributed by atoms with E-state index in [1.807, 2.05) is 24.3 Å². The van der Waals surface area contributed by atoms with Crippen LogP contribution in [0.25, 0.3) is 0 Å². The number of sulfonamides is 1. The average Bonchev–Trinajstić information content (AvgIpc) is 3.10. The van der Waals surface area contributed by atoms with Crippen LogP contribution in [0.15, 0.2) is 53.4 Å². The van der Waals surface area contributed by atoms with Gasteiger partial charge in [0.05, 0.1) is 16.4 Å². The third kappa shape index (κ3) is 5.10. The molecule has 0 aliphatic carbocycles. The van der Waals surface area contributed by atoms with Gasteiger partial charge in [-0.3, -0.25) is 9.59 Å². The number of sulfone groups is 1. The number of amides is 2. The molecule has 11 heteroatoms. The van der Waals surface area contributed by atoms with Crippen LogP contribution in [0.4, 0.5) is 5.69 Å². The van der Waals surface area contributed by atoms with Gasteiger partial charge in [-0.2, -0.15) is 4.31 Å². The lowest BCUT2D eigenvalue weighted by molar-refractivity contribution is -0.125. The molecule has 176 valence electrons. The molecule has 0 saturated carbocycles. The molecule has 0 spiro atoms. The molecule has 0 unspecified atom stereocenters. The minimum absolute atomic E-state index is 0.00257. The maximum Gasteiger partial charge on any atom is 0.244 e. The molecule has 2 heterocycles. The molecular weight excluding hydrogens is 466 g/mol. The monoisotopic (exact) mass is 491 g/mol. The van der Waals surface area contributed by atoms with Crippen LogP contribution in [-0.4, -0.2) is 56.5 Å². The maximum atomic E-state index is 13.5. The molecule has 2 aliphatic rings. The SMILES string of the molecule is CC(=O)Nc1ccc(S(=O)(=O)N2Cc3ccccc3C[C@H]2C(=O)N[C@@H]2CCS(=O)(=O)C2)cc1. The lowest BCUT2D eigenvalue weighted by Gasteiger charge is -2.35. The van der Waals surface area contributed by atoms with E-state index in [1.54, 1.807) is 0 Å². The van der Waals surface area contributed by atoms with E-state index in [0.717, 1.165) is 11.1 Å². The Hall–Kier alpha value is -2.76. The summed E-state index contributed by atoms with van der Waals surface area (Å²) in [5.74, 6) is -0.915. The number of carbonyl (C=O) groups is 2. The van der Waals surface area contributed by atoms with Gasteiger partial charge in [0.15, 0.2) is 9.84 Å². The molecule has 2 atom stereocenters. The Morgan fingerprint density at radius 2 is 1.70 bits per heavy atom. The summed E-state index contributed by atoms with van der Waals surface area (Å²) < 4.78 is 51.8. The fourth-order valence-electron chi connectivity index (χ4n) is 4.23. The Bertz CT molecular complexity index is 1290. The van der Waals surface area contributed by atoms with Crippen LogP contribution >= 0.6 is 0 Å². The summed E-state index contributed by atoms with van der Waals surface area (Å²) in [5, 5.41) is 5.34. The van der Waals surface area contributed by atoms with E-state index in [9.17, 15) is 26.4 Å². The van der Waals surface area contributed by atoms with Crippen molar-refractivity contribution in [2.45, 2.75) is 43.3 Å². The van der Waals surface area contributed by atoms with Gasteiger partial charge in [0, 0.05) is 25.2 Å². The van der Waals surface area contributed by atoms with E-state index in [2.05, 4.69) is 10.6 Å². The van der Waals surface area contributed by atoms with Crippen LogP contribution in [0.3, 0.4) is 0 Å². The number of rotatable bonds is 5. The van der Waals surface area contributed by atoms with Gasteiger partial charge in [0.2, 0.25) is 21.8 Å². The minimum Gasteiger partial charge on any atom is -0.351 e. The zero-order valence-corrected chi connectivity index (χ0v) is 19.7. The van der Waals surface area contributed by atoms with Crippen LogP contribution in [0.2, 0.25) is 0 Å². The number of fused-ring (bicyclic) bond motifs is 1. The summed E-state index contributed by atoms with van der Waals surface area (Å²) in [6.07, 6.45) is 0.499. The van der Waals surface area contributed by atoms with Gasteiger partial charge in [-0.1, -0.05) is 24.3 Å². The third-order valence-corrected chi connectivity index (χ3v) is 9.51. The first kappa shape index (κ1) is 23.4. The Morgan fingerprint density at radius 3 is 2.30 bits per heavy atom. The molecule has 0 aromatic heterocycles. The summed E-state index contributed by atoms with van der Waals surface area (Å²) in [5.41, 5.74) is 2.15. The molecule has 9 nitrogen and oxygen atoms in total. The highest BCUT2D eigenvalue weighted by atomic mass is 32.2. The Balaban J connectivity index is 1.64. The van der Waals surface area contributed by atoms with Gasteiger partial charge < -0.3 is 10.6 Å². The second kappa shape index (κ2) is 8.88. The van der Waals surface area contributed by atoms with Gasteiger partial charge in [0.25, 0.3) is 0 Å². The molecule has 2 N–H and O–H groups in total.